The molecule has 15 nitrogen and oxygen atoms in total. The van der Waals surface area contributed by atoms with Gasteiger partial charge in [-0.15, -0.1) is 0 Å². The summed E-state index contributed by atoms with van der Waals surface area (Å²) < 4.78 is 0. The van der Waals surface area contributed by atoms with Crippen molar-refractivity contribution in [3.8, 4) is 0 Å². The van der Waals surface area contributed by atoms with Gasteiger partial charge in [0.15, 0.2) is 11.6 Å². The third-order valence-electron chi connectivity index (χ3n) is 10.3. The molecule has 1 saturated heterocycles. The molecule has 3 aromatic rings. The molecule has 5 amide bonds. The number of ketones is 2. The maximum Gasteiger partial charge on any atom is 0.330 e. The fourth-order valence-electron chi connectivity index (χ4n) is 6.96. The normalized spacial score (nSPS) is 16.6. The number of aromatic nitrogens is 3. The number of fused-ring (bicyclic) bond motifs is 1. The van der Waals surface area contributed by atoms with Gasteiger partial charge in [0, 0.05) is 54.6 Å². The summed E-state index contributed by atoms with van der Waals surface area (Å²) in [5.74, 6) is -1.53. The van der Waals surface area contributed by atoms with Crippen LogP contribution in [-0.2, 0) is 25.7 Å². The molecule has 0 unspecified atom stereocenters. The fourth-order valence-corrected chi connectivity index (χ4v) is 6.96. The van der Waals surface area contributed by atoms with E-state index in [1.807, 2.05) is 39.8 Å². The Morgan fingerprint density at radius 2 is 1.73 bits per heavy atom. The topological polar surface area (TPSA) is 187 Å². The molecule has 5 rings (SSSR count). The SMILES string of the molecule is CC(=O)[C@H](CC(C)C)NC(=O)C(C)(C)NC(=O)[C@@H]1CCCN1C(=O)[C@H](C)CC(=O)c1ccc(C)c(N2Cc3cnc(Nc4ccc(C)nc4)nc3N(C)C2=O)c1. The molecule has 4 heterocycles. The molecule has 0 spiro atoms. The van der Waals surface area contributed by atoms with E-state index >= 15 is 0 Å². The third-order valence-corrected chi connectivity index (χ3v) is 10.3. The molecular weight excluding hydrogens is 715 g/mol. The van der Waals surface area contributed by atoms with Gasteiger partial charge in [-0.1, -0.05) is 32.9 Å². The Labute approximate surface area is 328 Å². The van der Waals surface area contributed by atoms with E-state index in [0.717, 1.165) is 16.8 Å². The predicted octanol–water partition coefficient (Wildman–Crippen LogP) is 5.02. The van der Waals surface area contributed by atoms with Crippen LogP contribution in [0.15, 0.2) is 42.7 Å². The lowest BCUT2D eigenvalue weighted by molar-refractivity contribution is -0.143. The van der Waals surface area contributed by atoms with E-state index < -0.39 is 35.4 Å². The first-order chi connectivity index (χ1) is 26.4. The Morgan fingerprint density at radius 3 is 2.39 bits per heavy atom. The van der Waals surface area contributed by atoms with Crippen LogP contribution in [0.3, 0.4) is 0 Å². The van der Waals surface area contributed by atoms with Crippen molar-refractivity contribution in [3.63, 3.8) is 0 Å². The van der Waals surface area contributed by atoms with Crippen molar-refractivity contribution < 1.29 is 28.8 Å². The van der Waals surface area contributed by atoms with Crippen molar-refractivity contribution in [1.29, 1.82) is 0 Å². The first-order valence-electron chi connectivity index (χ1n) is 19.0. The smallest absolute Gasteiger partial charge is 0.330 e. The van der Waals surface area contributed by atoms with Crippen LogP contribution in [0.5, 0.6) is 0 Å². The van der Waals surface area contributed by atoms with Gasteiger partial charge in [-0.05, 0) is 83.6 Å². The number of amides is 5. The second kappa shape index (κ2) is 17.0. The van der Waals surface area contributed by atoms with Gasteiger partial charge in [-0.3, -0.25) is 38.8 Å². The average molecular weight is 768 g/mol. The molecule has 2 aliphatic heterocycles. The fraction of sp³-hybridized carbons (Fsp3) is 0.488. The zero-order valence-electron chi connectivity index (χ0n) is 33.7. The number of hydrogen-bond acceptors (Lipinski definition) is 10. The number of urea groups is 1. The van der Waals surface area contributed by atoms with Gasteiger partial charge >= 0.3 is 6.03 Å². The summed E-state index contributed by atoms with van der Waals surface area (Å²) in [5.41, 5.74) is 2.64. The van der Waals surface area contributed by atoms with Crippen LogP contribution < -0.4 is 25.8 Å². The van der Waals surface area contributed by atoms with E-state index in [1.54, 1.807) is 63.3 Å². The van der Waals surface area contributed by atoms with Crippen molar-refractivity contribution in [2.75, 3.05) is 28.7 Å². The van der Waals surface area contributed by atoms with Gasteiger partial charge in [-0.2, -0.15) is 4.98 Å². The van der Waals surface area contributed by atoms with E-state index in [0.29, 0.717) is 54.5 Å². The molecule has 0 radical (unpaired) electrons. The molecule has 0 saturated carbocycles. The number of anilines is 4. The Bertz CT molecular complexity index is 2010. The number of hydrogen-bond donors (Lipinski definition) is 3. The molecule has 2 aliphatic rings. The van der Waals surface area contributed by atoms with Crippen LogP contribution in [0.2, 0.25) is 0 Å². The van der Waals surface area contributed by atoms with Crippen LogP contribution in [-0.4, -0.2) is 86.4 Å². The van der Waals surface area contributed by atoms with Gasteiger partial charge < -0.3 is 20.9 Å². The Kier molecular flexibility index (Phi) is 12.5. The lowest BCUT2D eigenvalue weighted by Crippen LogP contribution is -2.60. The molecule has 1 aromatic carbocycles. The second-order valence-corrected chi connectivity index (χ2v) is 15.9. The first kappa shape index (κ1) is 41.4. The van der Waals surface area contributed by atoms with Crippen LogP contribution in [0, 0.1) is 25.7 Å². The summed E-state index contributed by atoms with van der Waals surface area (Å²) in [7, 11) is 1.63. The van der Waals surface area contributed by atoms with Crippen molar-refractivity contribution in [3.05, 3.63) is 65.1 Å². The van der Waals surface area contributed by atoms with Crippen molar-refractivity contribution in [2.24, 2.45) is 11.8 Å². The first-order valence-corrected chi connectivity index (χ1v) is 19.0. The molecule has 15 heteroatoms. The lowest BCUT2D eigenvalue weighted by Gasteiger charge is -2.35. The van der Waals surface area contributed by atoms with Crippen LogP contribution in [0.25, 0.3) is 0 Å². The van der Waals surface area contributed by atoms with E-state index in [9.17, 15) is 28.8 Å². The lowest BCUT2D eigenvalue weighted by atomic mass is 9.96. The minimum absolute atomic E-state index is 0.112. The summed E-state index contributed by atoms with van der Waals surface area (Å²) in [4.78, 5) is 97.8. The number of nitrogens with zero attached hydrogens (tertiary/aromatic N) is 6. The monoisotopic (exact) mass is 767 g/mol. The molecule has 1 fully saturated rings. The molecule has 298 valence electrons. The standard InChI is InChI=1S/C41H53N9O6/c1-23(2)17-31(27(6)51)45-38(55)41(7,8)47-36(53)32-11-10-16-49(32)37(54)25(4)18-34(52)28-14-12-24(3)33(19-28)50-22-29-20-43-39(46-35(29)48(9)40(50)56)44-30-15-13-26(5)42-21-30/h12-15,19-21,23,25,31-32H,10-11,16-18,22H2,1-9H3,(H,45,55)(H,47,53)(H,43,44,46)/t25-,31+,32+/m1/s1. The van der Waals surface area contributed by atoms with E-state index in [4.69, 9.17) is 0 Å². The van der Waals surface area contributed by atoms with E-state index in [2.05, 4.69) is 30.9 Å². The zero-order chi connectivity index (χ0) is 41.1. The molecule has 3 atom stereocenters. The highest BCUT2D eigenvalue weighted by Gasteiger charge is 2.40. The second-order valence-electron chi connectivity index (χ2n) is 15.9. The number of Topliss-reactive ketones (excluding diaryl/α,β-unsaturated/α-hetero) is 2. The molecule has 56 heavy (non-hydrogen) atoms. The number of rotatable bonds is 14. The Balaban J connectivity index is 1.23. The van der Waals surface area contributed by atoms with Gasteiger partial charge in [0.1, 0.15) is 17.4 Å². The Hall–Kier alpha value is -5.73. The number of likely N-dealkylation sites (tertiary alicyclic amines) is 1. The number of pyridine rings is 1. The minimum atomic E-state index is -1.34. The zero-order valence-corrected chi connectivity index (χ0v) is 33.7. The number of benzene rings is 1. The summed E-state index contributed by atoms with van der Waals surface area (Å²) in [5, 5.41) is 8.67. The van der Waals surface area contributed by atoms with Crippen LogP contribution in [0.1, 0.15) is 94.4 Å². The van der Waals surface area contributed by atoms with Gasteiger partial charge in [0.25, 0.3) is 0 Å². The molecule has 2 aromatic heterocycles. The molecular formula is C41H53N9O6. The van der Waals surface area contributed by atoms with Gasteiger partial charge in [0.2, 0.25) is 23.7 Å². The number of carbonyl (C=O) groups is 6. The van der Waals surface area contributed by atoms with Crippen LogP contribution in [0.4, 0.5) is 27.9 Å². The van der Waals surface area contributed by atoms with Crippen molar-refractivity contribution >= 4 is 58.5 Å². The van der Waals surface area contributed by atoms with Gasteiger partial charge in [0.05, 0.1) is 24.5 Å². The molecule has 3 N–H and O–H groups in total. The van der Waals surface area contributed by atoms with Crippen molar-refractivity contribution in [1.82, 2.24) is 30.5 Å². The quantitative estimate of drug-likeness (QED) is 0.188. The largest absolute Gasteiger partial charge is 0.344 e. The number of nitrogens with one attached hydrogen (secondary N) is 3. The highest BCUT2D eigenvalue weighted by atomic mass is 16.2. The minimum Gasteiger partial charge on any atom is -0.344 e. The molecule has 0 bridgehead atoms. The average Bonchev–Trinajstić information content (AvgIpc) is 3.64. The van der Waals surface area contributed by atoms with Crippen LogP contribution >= 0.6 is 0 Å². The maximum atomic E-state index is 13.8. The summed E-state index contributed by atoms with van der Waals surface area (Å²) in [6, 6.07) is 7.06. The number of carbonyl (C=O) groups excluding carboxylic acids is 6. The highest BCUT2D eigenvalue weighted by Crippen LogP contribution is 2.33. The molecule has 0 aliphatic carbocycles. The third kappa shape index (κ3) is 9.37. The number of aryl methyl sites for hydroxylation is 2. The summed E-state index contributed by atoms with van der Waals surface area (Å²) >= 11 is 0. The summed E-state index contributed by atoms with van der Waals surface area (Å²) in [6.07, 6.45) is 4.71. The highest BCUT2D eigenvalue weighted by molar-refractivity contribution is 6.07. The van der Waals surface area contributed by atoms with E-state index in [-0.39, 0.29) is 42.4 Å². The maximum absolute atomic E-state index is 13.8. The Morgan fingerprint density at radius 1 is 1.00 bits per heavy atom. The van der Waals surface area contributed by atoms with Gasteiger partial charge in [-0.25, -0.2) is 9.78 Å². The summed E-state index contributed by atoms with van der Waals surface area (Å²) in [6.45, 7) is 14.4. The predicted molar refractivity (Wildman–Crippen MR) is 213 cm³/mol. The van der Waals surface area contributed by atoms with Crippen molar-refractivity contribution in [2.45, 2.75) is 105 Å². The van der Waals surface area contributed by atoms with E-state index in [1.165, 1.54) is 16.7 Å².